The van der Waals surface area contributed by atoms with Gasteiger partial charge in [0.05, 0.1) is 6.10 Å². The van der Waals surface area contributed by atoms with Gasteiger partial charge in [-0.2, -0.15) is 0 Å². The molecule has 1 saturated heterocycles. The molecule has 3 rings (SSSR count). The van der Waals surface area contributed by atoms with Gasteiger partial charge < -0.3 is 19.9 Å². The zero-order valence-corrected chi connectivity index (χ0v) is 18.9. The Kier molecular flexibility index (Phi) is 9.38. The Morgan fingerprint density at radius 3 is 2.65 bits per heavy atom. The summed E-state index contributed by atoms with van der Waals surface area (Å²) < 4.78 is 6.06. The third-order valence-electron chi connectivity index (χ3n) is 5.96. The summed E-state index contributed by atoms with van der Waals surface area (Å²) in [5.41, 5.74) is 0.845. The lowest BCUT2D eigenvalue weighted by atomic mass is 10.1. The number of urea groups is 1. The number of benzene rings is 2. The number of unbranched alkanes of at least 4 members (excludes halogenated alkanes) is 3. The lowest BCUT2D eigenvalue weighted by Crippen LogP contribution is -2.43. The average molecular weight is 424 g/mol. The van der Waals surface area contributed by atoms with Crippen molar-refractivity contribution in [1.29, 1.82) is 0 Å². The second-order valence-electron chi connectivity index (χ2n) is 8.51. The van der Waals surface area contributed by atoms with E-state index in [-0.39, 0.29) is 12.1 Å². The molecule has 0 saturated carbocycles. The molecule has 0 radical (unpaired) electrons. The molecule has 0 spiro atoms. The maximum Gasteiger partial charge on any atom is 0.321 e. The number of hydrogen-bond donors (Lipinski definition) is 1. The number of anilines is 1. The Labute approximate surface area is 187 Å². The highest BCUT2D eigenvalue weighted by Crippen LogP contribution is 2.20. The quantitative estimate of drug-likeness (QED) is 0.382. The van der Waals surface area contributed by atoms with Gasteiger partial charge in [0.2, 0.25) is 0 Å². The van der Waals surface area contributed by atoms with Crippen LogP contribution < -0.4 is 5.32 Å². The second kappa shape index (κ2) is 12.5. The summed E-state index contributed by atoms with van der Waals surface area (Å²) in [7, 11) is 2.14. The molecule has 1 heterocycles. The van der Waals surface area contributed by atoms with E-state index in [1.54, 1.807) is 0 Å². The SMILES string of the molecule is C=CCN(C)CCCCCCOC1CCN(C(=O)Nc2ccc3ccccc3c2)CC1. The van der Waals surface area contributed by atoms with Gasteiger partial charge in [-0.1, -0.05) is 49.2 Å². The number of fused-ring (bicyclic) bond motifs is 1. The number of ether oxygens (including phenoxy) is 1. The maximum absolute atomic E-state index is 12.6. The third kappa shape index (κ3) is 7.67. The molecule has 1 aliphatic rings. The van der Waals surface area contributed by atoms with Crippen LogP contribution in [0.25, 0.3) is 10.8 Å². The van der Waals surface area contributed by atoms with Gasteiger partial charge in [0.1, 0.15) is 0 Å². The summed E-state index contributed by atoms with van der Waals surface area (Å²) in [6.45, 7) is 8.19. The van der Waals surface area contributed by atoms with E-state index >= 15 is 0 Å². The van der Waals surface area contributed by atoms with Crippen molar-refractivity contribution in [2.24, 2.45) is 0 Å². The number of nitrogens with one attached hydrogen (secondary N) is 1. The normalized spacial score (nSPS) is 14.8. The summed E-state index contributed by atoms with van der Waals surface area (Å²) >= 11 is 0. The summed E-state index contributed by atoms with van der Waals surface area (Å²) in [4.78, 5) is 16.8. The van der Waals surface area contributed by atoms with Crippen LogP contribution >= 0.6 is 0 Å². The van der Waals surface area contributed by atoms with Gasteiger partial charge in [-0.15, -0.1) is 6.58 Å². The van der Waals surface area contributed by atoms with E-state index in [0.29, 0.717) is 0 Å². The number of carbonyl (C=O) groups excluding carboxylic acids is 1. The summed E-state index contributed by atoms with van der Waals surface area (Å²) in [5.74, 6) is 0. The first-order valence-electron chi connectivity index (χ1n) is 11.6. The molecule has 31 heavy (non-hydrogen) atoms. The number of amides is 2. The first-order valence-corrected chi connectivity index (χ1v) is 11.6. The fourth-order valence-electron chi connectivity index (χ4n) is 4.09. The fraction of sp³-hybridized carbons (Fsp3) is 0.500. The van der Waals surface area contributed by atoms with Crippen molar-refractivity contribution in [1.82, 2.24) is 9.80 Å². The number of nitrogens with zero attached hydrogens (tertiary/aromatic N) is 2. The van der Waals surface area contributed by atoms with Crippen molar-refractivity contribution < 1.29 is 9.53 Å². The smallest absolute Gasteiger partial charge is 0.321 e. The molecule has 0 aliphatic carbocycles. The standard InChI is InChI=1S/C26H37N3O2/c1-3-16-28(2)17-8-4-5-9-20-31-25-14-18-29(19-15-25)26(30)27-24-13-12-22-10-6-7-11-23(22)21-24/h3,6-7,10-13,21,25H,1,4-5,8-9,14-20H2,2H3,(H,27,30). The highest BCUT2D eigenvalue weighted by Gasteiger charge is 2.23. The average Bonchev–Trinajstić information content (AvgIpc) is 2.79. The second-order valence-corrected chi connectivity index (χ2v) is 8.51. The van der Waals surface area contributed by atoms with Crippen LogP contribution in [0.4, 0.5) is 10.5 Å². The molecule has 1 N–H and O–H groups in total. The highest BCUT2D eigenvalue weighted by atomic mass is 16.5. The van der Waals surface area contributed by atoms with Crippen LogP contribution in [0.2, 0.25) is 0 Å². The number of rotatable bonds is 11. The highest BCUT2D eigenvalue weighted by molar-refractivity contribution is 5.93. The van der Waals surface area contributed by atoms with Gasteiger partial charge in [-0.3, -0.25) is 0 Å². The first-order chi connectivity index (χ1) is 15.2. The molecule has 2 amide bonds. The van der Waals surface area contributed by atoms with Crippen LogP contribution in [-0.4, -0.2) is 61.8 Å². The Hall–Kier alpha value is -2.37. The Balaban J connectivity index is 1.28. The van der Waals surface area contributed by atoms with Crippen molar-refractivity contribution in [3.8, 4) is 0 Å². The zero-order valence-electron chi connectivity index (χ0n) is 18.9. The molecule has 2 aromatic rings. The van der Waals surface area contributed by atoms with Gasteiger partial charge >= 0.3 is 6.03 Å². The van der Waals surface area contributed by atoms with Gasteiger partial charge in [0.15, 0.2) is 0 Å². The molecule has 0 unspecified atom stereocenters. The lowest BCUT2D eigenvalue weighted by Gasteiger charge is -2.32. The summed E-state index contributed by atoms with van der Waals surface area (Å²) in [6, 6.07) is 14.2. The number of hydrogen-bond acceptors (Lipinski definition) is 3. The lowest BCUT2D eigenvalue weighted by molar-refractivity contribution is 0.0140. The van der Waals surface area contributed by atoms with E-state index in [1.165, 1.54) is 24.6 Å². The molecule has 168 valence electrons. The van der Waals surface area contributed by atoms with E-state index in [4.69, 9.17) is 4.74 Å². The predicted molar refractivity (Wildman–Crippen MR) is 130 cm³/mol. The molecule has 0 bridgehead atoms. The molecular weight excluding hydrogens is 386 g/mol. The van der Waals surface area contributed by atoms with Crippen LogP contribution in [-0.2, 0) is 4.74 Å². The number of carbonyl (C=O) groups is 1. The minimum absolute atomic E-state index is 0.0184. The Morgan fingerprint density at radius 2 is 1.87 bits per heavy atom. The van der Waals surface area contributed by atoms with Crippen molar-refractivity contribution in [2.45, 2.75) is 44.6 Å². The molecule has 0 atom stereocenters. The van der Waals surface area contributed by atoms with Crippen LogP contribution in [0.1, 0.15) is 38.5 Å². The Bertz CT molecular complexity index is 830. The van der Waals surface area contributed by atoms with Gasteiger partial charge in [0, 0.05) is 31.9 Å². The van der Waals surface area contributed by atoms with Crippen molar-refractivity contribution in [3.05, 3.63) is 55.1 Å². The molecule has 0 aromatic heterocycles. The third-order valence-corrected chi connectivity index (χ3v) is 5.96. The van der Waals surface area contributed by atoms with Gasteiger partial charge in [-0.05, 0) is 62.2 Å². The molecular formula is C26H37N3O2. The summed E-state index contributed by atoms with van der Waals surface area (Å²) in [5, 5.41) is 5.36. The van der Waals surface area contributed by atoms with E-state index in [2.05, 4.69) is 36.0 Å². The predicted octanol–water partition coefficient (Wildman–Crippen LogP) is 5.53. The number of likely N-dealkylation sites (tertiary alicyclic amines) is 1. The first kappa shape index (κ1) is 23.3. The van der Waals surface area contributed by atoms with Gasteiger partial charge in [-0.25, -0.2) is 4.79 Å². The largest absolute Gasteiger partial charge is 0.378 e. The minimum atomic E-state index is -0.0184. The molecule has 5 heteroatoms. The van der Waals surface area contributed by atoms with Crippen molar-refractivity contribution in [3.63, 3.8) is 0 Å². The summed E-state index contributed by atoms with van der Waals surface area (Å²) in [6.07, 6.45) is 8.88. The molecule has 1 aliphatic heterocycles. The van der Waals surface area contributed by atoms with E-state index in [9.17, 15) is 4.79 Å². The fourth-order valence-corrected chi connectivity index (χ4v) is 4.09. The number of likely N-dealkylation sites (N-methyl/N-ethyl adjacent to an activating group) is 1. The molecule has 2 aromatic carbocycles. The topological polar surface area (TPSA) is 44.8 Å². The van der Waals surface area contributed by atoms with Crippen LogP contribution in [0.3, 0.4) is 0 Å². The van der Waals surface area contributed by atoms with E-state index < -0.39 is 0 Å². The van der Waals surface area contributed by atoms with Crippen molar-refractivity contribution >= 4 is 22.5 Å². The maximum atomic E-state index is 12.6. The van der Waals surface area contributed by atoms with Crippen LogP contribution in [0.15, 0.2) is 55.1 Å². The Morgan fingerprint density at radius 1 is 1.13 bits per heavy atom. The molecule has 1 fully saturated rings. The molecule has 5 nitrogen and oxygen atoms in total. The van der Waals surface area contributed by atoms with E-state index in [1.807, 2.05) is 41.3 Å². The zero-order chi connectivity index (χ0) is 21.9. The monoisotopic (exact) mass is 423 g/mol. The van der Waals surface area contributed by atoms with Gasteiger partial charge in [0.25, 0.3) is 0 Å². The van der Waals surface area contributed by atoms with Crippen LogP contribution in [0, 0.1) is 0 Å². The minimum Gasteiger partial charge on any atom is -0.378 e. The van der Waals surface area contributed by atoms with E-state index in [0.717, 1.165) is 63.1 Å². The van der Waals surface area contributed by atoms with Crippen molar-refractivity contribution in [2.75, 3.05) is 45.2 Å². The van der Waals surface area contributed by atoms with Crippen LogP contribution in [0.5, 0.6) is 0 Å². The number of piperidine rings is 1.